The molecule has 4 rings (SSSR count). The zero-order valence-electron chi connectivity index (χ0n) is 15.2. The summed E-state index contributed by atoms with van der Waals surface area (Å²) in [5.74, 6) is 2.39. The summed E-state index contributed by atoms with van der Waals surface area (Å²) in [4.78, 5) is 12.4. The molecule has 0 saturated carbocycles. The number of benzene rings is 2. The third-order valence-corrected chi connectivity index (χ3v) is 5.25. The number of thioether (sulfide) groups is 1. The summed E-state index contributed by atoms with van der Waals surface area (Å²) >= 11 is 1.36. The number of ether oxygens (including phenoxy) is 2. The largest absolute Gasteiger partial charge is 0.485 e. The summed E-state index contributed by atoms with van der Waals surface area (Å²) < 4.78 is 13.8. The average Bonchev–Trinajstić information content (AvgIpc) is 3.15. The summed E-state index contributed by atoms with van der Waals surface area (Å²) in [5.41, 5.74) is 0.686. The van der Waals surface area contributed by atoms with E-state index in [1.165, 1.54) is 11.8 Å². The van der Waals surface area contributed by atoms with E-state index >= 15 is 0 Å². The van der Waals surface area contributed by atoms with Crippen LogP contribution in [0, 0.1) is 0 Å². The first-order valence-corrected chi connectivity index (χ1v) is 9.88. The Morgan fingerprint density at radius 2 is 1.89 bits per heavy atom. The Morgan fingerprint density at radius 1 is 1.14 bits per heavy atom. The number of allylic oxidation sites excluding steroid dienone is 1. The smallest absolute Gasteiger partial charge is 0.192 e. The van der Waals surface area contributed by atoms with Crippen LogP contribution in [0.15, 0.2) is 72.4 Å². The molecule has 6 nitrogen and oxygen atoms in total. The minimum atomic E-state index is -0.374. The molecule has 0 N–H and O–H groups in total. The van der Waals surface area contributed by atoms with Crippen LogP contribution in [0.1, 0.15) is 22.3 Å². The van der Waals surface area contributed by atoms with Gasteiger partial charge in [0.25, 0.3) is 0 Å². The van der Waals surface area contributed by atoms with E-state index in [1.807, 2.05) is 59.2 Å². The van der Waals surface area contributed by atoms with Gasteiger partial charge in [-0.2, -0.15) is 0 Å². The molecule has 2 heterocycles. The molecule has 0 saturated heterocycles. The molecular weight excluding hydrogens is 374 g/mol. The van der Waals surface area contributed by atoms with E-state index in [2.05, 4.69) is 16.8 Å². The number of fused-ring (bicyclic) bond motifs is 1. The van der Waals surface area contributed by atoms with Gasteiger partial charge in [0.1, 0.15) is 6.61 Å². The molecule has 1 aromatic heterocycles. The SMILES string of the molecule is C=CCn1c(SCC(=O)c2ccccc2)nnc1[C@H]1COc2ccccc2O1. The van der Waals surface area contributed by atoms with Crippen LogP contribution >= 0.6 is 11.8 Å². The number of carbonyl (C=O) groups is 1. The normalized spacial score (nSPS) is 15.2. The molecule has 1 aliphatic rings. The molecule has 0 amide bonds. The number of nitrogens with zero attached hydrogens (tertiary/aromatic N) is 3. The highest BCUT2D eigenvalue weighted by Crippen LogP contribution is 2.36. The van der Waals surface area contributed by atoms with Gasteiger partial charge in [0, 0.05) is 12.1 Å². The lowest BCUT2D eigenvalue weighted by Crippen LogP contribution is -2.25. The second-order valence-corrected chi connectivity index (χ2v) is 7.12. The lowest BCUT2D eigenvalue weighted by atomic mass is 10.2. The average molecular weight is 393 g/mol. The van der Waals surface area contributed by atoms with Crippen molar-refractivity contribution < 1.29 is 14.3 Å². The number of aromatic nitrogens is 3. The van der Waals surface area contributed by atoms with Crippen LogP contribution in [0.4, 0.5) is 0 Å². The highest BCUT2D eigenvalue weighted by atomic mass is 32.2. The number of rotatable bonds is 7. The Hall–Kier alpha value is -3.06. The van der Waals surface area contributed by atoms with Crippen molar-refractivity contribution in [1.29, 1.82) is 0 Å². The van der Waals surface area contributed by atoms with Gasteiger partial charge in [-0.05, 0) is 12.1 Å². The van der Waals surface area contributed by atoms with Crippen molar-refractivity contribution in [2.45, 2.75) is 17.8 Å². The minimum Gasteiger partial charge on any atom is -0.485 e. The van der Waals surface area contributed by atoms with Crippen LogP contribution in [0.5, 0.6) is 11.5 Å². The number of ketones is 1. The van der Waals surface area contributed by atoms with Crippen molar-refractivity contribution in [2.75, 3.05) is 12.4 Å². The maximum atomic E-state index is 12.4. The molecule has 3 aromatic rings. The second-order valence-electron chi connectivity index (χ2n) is 6.18. The van der Waals surface area contributed by atoms with Crippen molar-refractivity contribution in [1.82, 2.24) is 14.8 Å². The van der Waals surface area contributed by atoms with Crippen LogP contribution in [-0.2, 0) is 6.54 Å². The van der Waals surface area contributed by atoms with E-state index in [0.717, 1.165) is 5.75 Å². The minimum absolute atomic E-state index is 0.0477. The van der Waals surface area contributed by atoms with E-state index in [-0.39, 0.29) is 17.6 Å². The zero-order chi connectivity index (χ0) is 19.3. The van der Waals surface area contributed by atoms with E-state index in [4.69, 9.17) is 9.47 Å². The Bertz CT molecular complexity index is 988. The molecule has 7 heteroatoms. The predicted octanol–water partition coefficient (Wildman–Crippen LogP) is 3.95. The molecule has 28 heavy (non-hydrogen) atoms. The van der Waals surface area contributed by atoms with Gasteiger partial charge in [0.2, 0.25) is 0 Å². The summed E-state index contributed by atoms with van der Waals surface area (Å²) in [7, 11) is 0. The van der Waals surface area contributed by atoms with Crippen LogP contribution in [0.2, 0.25) is 0 Å². The van der Waals surface area contributed by atoms with Gasteiger partial charge in [-0.1, -0.05) is 60.3 Å². The monoisotopic (exact) mass is 393 g/mol. The molecule has 0 spiro atoms. The van der Waals surface area contributed by atoms with Gasteiger partial charge >= 0.3 is 0 Å². The Labute approximate surface area is 167 Å². The molecule has 0 fully saturated rings. The van der Waals surface area contributed by atoms with Crippen molar-refractivity contribution in [3.8, 4) is 11.5 Å². The summed E-state index contributed by atoms with van der Waals surface area (Å²) in [6.45, 7) is 4.68. The fraction of sp³-hybridized carbons (Fsp3) is 0.190. The van der Waals surface area contributed by atoms with Crippen molar-refractivity contribution in [3.05, 3.63) is 78.6 Å². The molecule has 2 aromatic carbocycles. The highest BCUT2D eigenvalue weighted by Gasteiger charge is 2.28. The lowest BCUT2D eigenvalue weighted by molar-refractivity contribution is 0.0821. The Balaban J connectivity index is 1.51. The fourth-order valence-corrected chi connectivity index (χ4v) is 3.78. The van der Waals surface area contributed by atoms with Crippen molar-refractivity contribution in [3.63, 3.8) is 0 Å². The number of carbonyl (C=O) groups excluding carboxylic acids is 1. The second kappa shape index (κ2) is 8.31. The van der Waals surface area contributed by atoms with Gasteiger partial charge in [-0.25, -0.2) is 0 Å². The van der Waals surface area contributed by atoms with Crippen LogP contribution in [0.25, 0.3) is 0 Å². The van der Waals surface area contributed by atoms with E-state index in [1.54, 1.807) is 6.08 Å². The Kier molecular flexibility index (Phi) is 5.43. The van der Waals surface area contributed by atoms with Crippen LogP contribution < -0.4 is 9.47 Å². The summed E-state index contributed by atoms with van der Waals surface area (Å²) in [6.07, 6.45) is 1.40. The maximum Gasteiger partial charge on any atom is 0.192 e. The molecule has 0 bridgehead atoms. The third kappa shape index (κ3) is 3.80. The molecule has 0 aliphatic carbocycles. The first-order valence-electron chi connectivity index (χ1n) is 8.90. The van der Waals surface area contributed by atoms with Crippen LogP contribution in [0.3, 0.4) is 0 Å². The molecule has 0 unspecified atom stereocenters. The standard InChI is InChI=1S/C21H19N3O3S/c1-2-12-24-20(19-13-26-17-10-6-7-11-18(17)27-19)22-23-21(24)28-14-16(25)15-8-4-3-5-9-15/h2-11,19H,1,12-14H2/t19-/m1/s1. The number of Topliss-reactive ketones (excluding diaryl/α,β-unsaturated/α-hetero) is 1. The van der Waals surface area contributed by atoms with Gasteiger partial charge < -0.3 is 9.47 Å². The van der Waals surface area contributed by atoms with Gasteiger partial charge in [-0.3, -0.25) is 9.36 Å². The summed E-state index contributed by atoms with van der Waals surface area (Å²) in [6, 6.07) is 16.8. The number of hydrogen-bond donors (Lipinski definition) is 0. The van der Waals surface area contributed by atoms with E-state index < -0.39 is 0 Å². The molecule has 142 valence electrons. The Morgan fingerprint density at radius 3 is 2.68 bits per heavy atom. The quantitative estimate of drug-likeness (QED) is 0.344. The maximum absolute atomic E-state index is 12.4. The zero-order valence-corrected chi connectivity index (χ0v) is 16.0. The highest BCUT2D eigenvalue weighted by molar-refractivity contribution is 7.99. The van der Waals surface area contributed by atoms with Gasteiger partial charge in [0.15, 0.2) is 34.4 Å². The predicted molar refractivity (Wildman–Crippen MR) is 107 cm³/mol. The van der Waals surface area contributed by atoms with Gasteiger partial charge in [0.05, 0.1) is 5.75 Å². The molecule has 1 atom stereocenters. The number of hydrogen-bond acceptors (Lipinski definition) is 6. The van der Waals surface area contributed by atoms with Crippen molar-refractivity contribution >= 4 is 17.5 Å². The molecule has 1 aliphatic heterocycles. The van der Waals surface area contributed by atoms with Crippen LogP contribution in [-0.4, -0.2) is 32.9 Å². The van der Waals surface area contributed by atoms with E-state index in [0.29, 0.717) is 35.4 Å². The first-order chi connectivity index (χ1) is 13.8. The molecular formula is C21H19N3O3S. The number of para-hydroxylation sites is 2. The summed E-state index contributed by atoms with van der Waals surface area (Å²) in [5, 5.41) is 9.24. The molecule has 0 radical (unpaired) electrons. The lowest BCUT2D eigenvalue weighted by Gasteiger charge is -2.26. The van der Waals surface area contributed by atoms with Gasteiger partial charge in [-0.15, -0.1) is 16.8 Å². The topological polar surface area (TPSA) is 66.2 Å². The third-order valence-electron chi connectivity index (χ3n) is 4.28. The first kappa shape index (κ1) is 18.3. The fourth-order valence-electron chi connectivity index (χ4n) is 2.93. The van der Waals surface area contributed by atoms with Crippen molar-refractivity contribution in [2.24, 2.45) is 0 Å². The van der Waals surface area contributed by atoms with E-state index in [9.17, 15) is 4.79 Å².